The van der Waals surface area contributed by atoms with Gasteiger partial charge in [-0.1, -0.05) is 0 Å². The molecule has 0 radical (unpaired) electrons. The Kier molecular flexibility index (Phi) is 7.21. The lowest BCUT2D eigenvalue weighted by atomic mass is 10.2. The Morgan fingerprint density at radius 1 is 1.32 bits per heavy atom. The van der Waals surface area contributed by atoms with Crippen LogP contribution in [0.5, 0.6) is 0 Å². The minimum Gasteiger partial charge on any atom is -0.444 e. The van der Waals surface area contributed by atoms with Crippen molar-refractivity contribution in [1.82, 2.24) is 4.90 Å². The molecule has 1 fully saturated rings. The maximum Gasteiger partial charge on any atom is 0.413 e. The first-order valence-corrected chi connectivity index (χ1v) is 9.84. The molecule has 0 aromatic carbocycles. The Balaban J connectivity index is 3.12. The second-order valence-corrected chi connectivity index (χ2v) is 8.94. The lowest BCUT2D eigenvalue weighted by Crippen LogP contribution is -2.49. The third-order valence-corrected chi connectivity index (χ3v) is 5.17. The van der Waals surface area contributed by atoms with Gasteiger partial charge in [-0.25, -0.2) is 4.79 Å². The van der Waals surface area contributed by atoms with E-state index in [1.165, 1.54) is 4.90 Å². The molecule has 9 heteroatoms. The van der Waals surface area contributed by atoms with Crippen molar-refractivity contribution in [2.75, 3.05) is 19.8 Å². The molecule has 1 aliphatic rings. The molecule has 146 valence electrons. The molecule has 0 aliphatic carbocycles. The van der Waals surface area contributed by atoms with Gasteiger partial charge in [0.15, 0.2) is 0 Å². The van der Waals surface area contributed by atoms with E-state index in [4.69, 9.17) is 18.5 Å². The lowest BCUT2D eigenvalue weighted by Gasteiger charge is -2.34. The summed E-state index contributed by atoms with van der Waals surface area (Å²) in [6, 6.07) is -0.793. The Hall–Kier alpha value is -0.950. The van der Waals surface area contributed by atoms with E-state index in [0.717, 1.165) is 6.08 Å². The van der Waals surface area contributed by atoms with Crippen molar-refractivity contribution in [2.45, 2.75) is 65.8 Å². The van der Waals surface area contributed by atoms with E-state index in [0.29, 0.717) is 0 Å². The van der Waals surface area contributed by atoms with Crippen LogP contribution in [0.15, 0.2) is 11.6 Å². The second kappa shape index (κ2) is 8.16. The fourth-order valence-corrected chi connectivity index (χ4v) is 3.73. The first-order valence-electron chi connectivity index (χ1n) is 8.29. The lowest BCUT2D eigenvalue weighted by molar-refractivity contribution is -0.0610. The van der Waals surface area contributed by atoms with E-state index in [2.05, 4.69) is 0 Å². The fraction of sp³-hybridized carbons (Fsp3) is 0.812. The minimum atomic E-state index is -4.04. The van der Waals surface area contributed by atoms with Crippen LogP contribution in [0.2, 0.25) is 0 Å². The minimum absolute atomic E-state index is 0.0287. The zero-order valence-corrected chi connectivity index (χ0v) is 16.9. The molecule has 7 nitrogen and oxygen atoms in total. The fourth-order valence-electron chi connectivity index (χ4n) is 2.37. The molecule has 0 bridgehead atoms. The van der Waals surface area contributed by atoms with Crippen molar-refractivity contribution < 1.29 is 32.3 Å². The van der Waals surface area contributed by atoms with Crippen LogP contribution >= 0.6 is 7.60 Å². The predicted octanol–water partition coefficient (Wildman–Crippen LogP) is 4.44. The smallest absolute Gasteiger partial charge is 0.413 e. The largest absolute Gasteiger partial charge is 0.444 e. The van der Waals surface area contributed by atoms with E-state index in [-0.39, 0.29) is 19.8 Å². The molecule has 1 atom stereocenters. The van der Waals surface area contributed by atoms with Gasteiger partial charge in [0.1, 0.15) is 11.3 Å². The number of amides is 1. The van der Waals surface area contributed by atoms with Crippen LogP contribution in [-0.4, -0.2) is 48.2 Å². The van der Waals surface area contributed by atoms with Gasteiger partial charge in [-0.05, 0) is 54.5 Å². The SMILES string of the molecule is CCOP(=O)(OCC)C(F)=CC1COC(C)(C)N1C(=O)OC(C)(C)C. The van der Waals surface area contributed by atoms with E-state index in [9.17, 15) is 13.8 Å². The highest BCUT2D eigenvalue weighted by atomic mass is 31.2. The van der Waals surface area contributed by atoms with E-state index >= 15 is 0 Å². The van der Waals surface area contributed by atoms with Gasteiger partial charge in [0.25, 0.3) is 0 Å². The van der Waals surface area contributed by atoms with Gasteiger partial charge in [-0.15, -0.1) is 0 Å². The molecular formula is C16H29FNO6P. The van der Waals surface area contributed by atoms with Gasteiger partial charge in [-0.3, -0.25) is 9.46 Å². The summed E-state index contributed by atoms with van der Waals surface area (Å²) < 4.78 is 48.0. The highest BCUT2D eigenvalue weighted by Gasteiger charge is 2.46. The molecule has 1 aliphatic heterocycles. The zero-order chi connectivity index (χ0) is 19.5. The molecule has 1 rings (SSSR count). The monoisotopic (exact) mass is 381 g/mol. The van der Waals surface area contributed by atoms with E-state index < -0.39 is 36.6 Å². The van der Waals surface area contributed by atoms with Gasteiger partial charge in [0, 0.05) is 0 Å². The molecule has 0 N–H and O–H groups in total. The first kappa shape index (κ1) is 22.1. The number of hydrogen-bond acceptors (Lipinski definition) is 6. The van der Waals surface area contributed by atoms with Crippen molar-refractivity contribution in [3.8, 4) is 0 Å². The zero-order valence-electron chi connectivity index (χ0n) is 16.0. The Morgan fingerprint density at radius 3 is 2.28 bits per heavy atom. The summed E-state index contributed by atoms with van der Waals surface area (Å²) in [5.41, 5.74) is -2.75. The van der Waals surface area contributed by atoms with Crippen molar-refractivity contribution in [2.24, 2.45) is 0 Å². The molecule has 1 amide bonds. The second-order valence-electron chi connectivity index (χ2n) is 7.00. The van der Waals surface area contributed by atoms with Gasteiger partial charge in [-0.2, -0.15) is 4.39 Å². The average Bonchev–Trinajstić information content (AvgIpc) is 2.72. The normalized spacial score (nSPS) is 21.5. The number of nitrogens with zero attached hydrogens (tertiary/aromatic N) is 1. The quantitative estimate of drug-likeness (QED) is 0.634. The van der Waals surface area contributed by atoms with Gasteiger partial charge in [0.2, 0.25) is 5.57 Å². The van der Waals surface area contributed by atoms with Crippen molar-refractivity contribution >= 4 is 13.7 Å². The highest BCUT2D eigenvalue weighted by Crippen LogP contribution is 2.57. The van der Waals surface area contributed by atoms with Gasteiger partial charge in [0.05, 0.1) is 25.9 Å². The van der Waals surface area contributed by atoms with Crippen LogP contribution in [0, 0.1) is 0 Å². The topological polar surface area (TPSA) is 74.3 Å². The highest BCUT2D eigenvalue weighted by molar-refractivity contribution is 7.58. The number of ether oxygens (including phenoxy) is 2. The summed E-state index contributed by atoms with van der Waals surface area (Å²) in [6.07, 6.45) is 0.400. The third kappa shape index (κ3) is 5.78. The number of halogens is 1. The molecule has 1 unspecified atom stereocenters. The number of carbonyl (C=O) groups excluding carboxylic acids is 1. The summed E-state index contributed by atoms with van der Waals surface area (Å²) in [4.78, 5) is 13.8. The van der Waals surface area contributed by atoms with Crippen LogP contribution in [0.3, 0.4) is 0 Å². The maximum absolute atomic E-state index is 14.6. The van der Waals surface area contributed by atoms with E-state index in [1.807, 2.05) is 0 Å². The van der Waals surface area contributed by atoms with Crippen molar-refractivity contribution in [3.63, 3.8) is 0 Å². The summed E-state index contributed by atoms with van der Waals surface area (Å²) in [5, 5.41) is 0. The van der Waals surface area contributed by atoms with Gasteiger partial charge < -0.3 is 18.5 Å². The first-order chi connectivity index (χ1) is 11.4. The van der Waals surface area contributed by atoms with Crippen molar-refractivity contribution in [3.05, 3.63) is 11.6 Å². The molecular weight excluding hydrogens is 352 g/mol. The molecule has 0 spiro atoms. The van der Waals surface area contributed by atoms with Crippen LogP contribution in [0.1, 0.15) is 48.5 Å². The molecule has 0 saturated carbocycles. The molecule has 0 aromatic rings. The van der Waals surface area contributed by atoms with Gasteiger partial charge >= 0.3 is 13.7 Å². The van der Waals surface area contributed by atoms with Crippen molar-refractivity contribution in [1.29, 1.82) is 0 Å². The number of rotatable bonds is 6. The van der Waals surface area contributed by atoms with Crippen LogP contribution in [-0.2, 0) is 23.1 Å². The number of carbonyl (C=O) groups is 1. The summed E-state index contributed by atoms with van der Waals surface area (Å²) in [5.74, 6) is 0. The number of hydrogen-bond donors (Lipinski definition) is 0. The summed E-state index contributed by atoms with van der Waals surface area (Å²) in [6.45, 7) is 11.8. The molecule has 0 aromatic heterocycles. The Morgan fingerprint density at radius 2 is 1.84 bits per heavy atom. The third-order valence-electron chi connectivity index (χ3n) is 3.30. The van der Waals surface area contributed by atoms with Crippen LogP contribution in [0.4, 0.5) is 9.18 Å². The maximum atomic E-state index is 14.6. The Bertz CT molecular complexity index is 547. The summed E-state index contributed by atoms with van der Waals surface area (Å²) >= 11 is 0. The predicted molar refractivity (Wildman–Crippen MR) is 91.9 cm³/mol. The van der Waals surface area contributed by atoms with Crippen LogP contribution in [0.25, 0.3) is 0 Å². The standard InChI is InChI=1S/C16H29FNO6P/c1-8-22-25(20,23-9-2)13(17)10-12-11-21-16(6,7)18(12)14(19)24-15(3,4)5/h10,12H,8-9,11H2,1-7H3. The molecule has 1 saturated heterocycles. The Labute approximate surface area is 149 Å². The van der Waals surface area contributed by atoms with E-state index in [1.54, 1.807) is 48.5 Å². The molecule has 25 heavy (non-hydrogen) atoms. The van der Waals surface area contributed by atoms with Crippen LogP contribution < -0.4 is 0 Å². The summed E-state index contributed by atoms with van der Waals surface area (Å²) in [7, 11) is -4.04. The average molecular weight is 381 g/mol. The molecule has 1 heterocycles.